The fraction of sp³-hybridized carbons (Fsp3) is 0.450. The number of piperidine rings is 1. The zero-order valence-electron chi connectivity index (χ0n) is 14.7. The fourth-order valence-corrected chi connectivity index (χ4v) is 3.74. The number of aromatic nitrogens is 2. The lowest BCUT2D eigenvalue weighted by Crippen LogP contribution is -2.31. The maximum Gasteiger partial charge on any atom is 0.232 e. The molecule has 1 fully saturated rings. The van der Waals surface area contributed by atoms with E-state index >= 15 is 0 Å². The van der Waals surface area contributed by atoms with Crippen molar-refractivity contribution in [1.82, 2.24) is 15.3 Å². The first-order valence-electron chi connectivity index (χ1n) is 9.17. The second-order valence-electron chi connectivity index (χ2n) is 6.93. The molecular formula is C20H24N4O. The van der Waals surface area contributed by atoms with Crippen LogP contribution in [-0.2, 0) is 17.6 Å². The summed E-state index contributed by atoms with van der Waals surface area (Å²) >= 11 is 0. The van der Waals surface area contributed by atoms with Gasteiger partial charge in [0.05, 0.1) is 12.5 Å². The number of benzene rings is 1. The first-order chi connectivity index (χ1) is 12.2. The molecule has 1 atom stereocenters. The minimum atomic E-state index is 0.136. The Balaban J connectivity index is 1.59. The monoisotopic (exact) mass is 336 g/mol. The third-order valence-corrected chi connectivity index (χ3v) is 5.18. The van der Waals surface area contributed by atoms with Crippen molar-refractivity contribution in [3.05, 3.63) is 53.0 Å². The number of aryl methyl sites for hydroxylation is 1. The normalized spacial score (nSPS) is 20.0. The number of hydrogen-bond donors (Lipinski definition) is 1. The zero-order chi connectivity index (χ0) is 17.2. The lowest BCUT2D eigenvalue weighted by molar-refractivity contribution is -0.117. The molecule has 130 valence electrons. The summed E-state index contributed by atoms with van der Waals surface area (Å²) in [6.07, 6.45) is 4.74. The van der Waals surface area contributed by atoms with E-state index in [1.807, 2.05) is 30.0 Å². The topological polar surface area (TPSA) is 58.1 Å². The van der Waals surface area contributed by atoms with Crippen LogP contribution in [0.4, 0.5) is 5.82 Å². The highest BCUT2D eigenvalue weighted by molar-refractivity contribution is 6.00. The zero-order valence-corrected chi connectivity index (χ0v) is 14.7. The number of carbonyl (C=O) groups is 1. The highest BCUT2D eigenvalue weighted by Crippen LogP contribution is 2.31. The van der Waals surface area contributed by atoms with Gasteiger partial charge in [-0.1, -0.05) is 36.8 Å². The molecule has 2 aliphatic heterocycles. The Hall–Kier alpha value is -2.27. The van der Waals surface area contributed by atoms with Gasteiger partial charge < -0.3 is 5.32 Å². The predicted octanol–water partition coefficient (Wildman–Crippen LogP) is 2.73. The van der Waals surface area contributed by atoms with Crippen molar-refractivity contribution in [3.8, 4) is 0 Å². The molecule has 1 N–H and O–H groups in total. The van der Waals surface area contributed by atoms with Crippen LogP contribution >= 0.6 is 0 Å². The van der Waals surface area contributed by atoms with Crippen LogP contribution in [0.5, 0.6) is 0 Å². The first kappa shape index (κ1) is 16.2. The second kappa shape index (κ2) is 6.92. The van der Waals surface area contributed by atoms with E-state index < -0.39 is 0 Å². The number of amides is 1. The summed E-state index contributed by atoms with van der Waals surface area (Å²) in [7, 11) is 0. The van der Waals surface area contributed by atoms with E-state index in [4.69, 9.17) is 9.97 Å². The number of fused-ring (bicyclic) bond motifs is 1. The molecule has 1 saturated heterocycles. The van der Waals surface area contributed by atoms with Gasteiger partial charge in [-0.2, -0.15) is 0 Å². The lowest BCUT2D eigenvalue weighted by atomic mass is 10.0. The maximum absolute atomic E-state index is 12.5. The molecular weight excluding hydrogens is 312 g/mol. The van der Waals surface area contributed by atoms with Crippen molar-refractivity contribution in [2.75, 3.05) is 18.0 Å². The van der Waals surface area contributed by atoms with Crippen LogP contribution in [0, 0.1) is 6.92 Å². The molecule has 2 aromatic rings. The molecule has 5 heteroatoms. The molecule has 1 aromatic carbocycles. The third kappa shape index (κ3) is 3.29. The van der Waals surface area contributed by atoms with Crippen LogP contribution in [0.2, 0.25) is 0 Å². The molecule has 5 nitrogen and oxygen atoms in total. The van der Waals surface area contributed by atoms with Crippen LogP contribution in [0.25, 0.3) is 0 Å². The minimum Gasteiger partial charge on any atom is -0.307 e. The molecule has 3 heterocycles. The molecule has 0 radical (unpaired) electrons. The molecule has 0 saturated carbocycles. The standard InChI is InChI=1S/C20H24N4O/c1-14-16-13-18(25)24(12-10-15-7-3-2-4-8-15)20(16)23-19(22-14)17-9-5-6-11-21-17/h2-4,7-8,17,21H,5-6,9-13H2,1H3. The summed E-state index contributed by atoms with van der Waals surface area (Å²) in [5, 5.41) is 3.51. The summed E-state index contributed by atoms with van der Waals surface area (Å²) in [6.45, 7) is 3.69. The number of carbonyl (C=O) groups excluding carboxylic acids is 1. The highest BCUT2D eigenvalue weighted by atomic mass is 16.2. The van der Waals surface area contributed by atoms with Gasteiger partial charge in [0.1, 0.15) is 11.6 Å². The number of rotatable bonds is 4. The van der Waals surface area contributed by atoms with E-state index in [-0.39, 0.29) is 11.9 Å². The number of anilines is 1. The van der Waals surface area contributed by atoms with Gasteiger partial charge in [-0.25, -0.2) is 9.97 Å². The van der Waals surface area contributed by atoms with Gasteiger partial charge in [0.15, 0.2) is 0 Å². The minimum absolute atomic E-state index is 0.136. The van der Waals surface area contributed by atoms with E-state index in [9.17, 15) is 4.79 Å². The van der Waals surface area contributed by atoms with Gasteiger partial charge in [-0.05, 0) is 38.3 Å². The molecule has 25 heavy (non-hydrogen) atoms. The van der Waals surface area contributed by atoms with E-state index in [0.29, 0.717) is 13.0 Å². The number of hydrogen-bond acceptors (Lipinski definition) is 4. The molecule has 0 bridgehead atoms. The first-order valence-corrected chi connectivity index (χ1v) is 9.17. The Morgan fingerprint density at radius 2 is 2.04 bits per heavy atom. The molecule has 0 aliphatic carbocycles. The van der Waals surface area contributed by atoms with Crippen LogP contribution in [0.15, 0.2) is 30.3 Å². The summed E-state index contributed by atoms with van der Waals surface area (Å²) < 4.78 is 0. The molecule has 1 aromatic heterocycles. The average molecular weight is 336 g/mol. The highest BCUT2D eigenvalue weighted by Gasteiger charge is 2.32. The Kier molecular flexibility index (Phi) is 4.49. The molecule has 1 amide bonds. The van der Waals surface area contributed by atoms with Gasteiger partial charge in [0.2, 0.25) is 5.91 Å². The van der Waals surface area contributed by atoms with Crippen LogP contribution in [-0.4, -0.2) is 29.0 Å². The molecule has 4 rings (SSSR count). The summed E-state index contributed by atoms with van der Waals surface area (Å²) in [6, 6.07) is 10.5. The van der Waals surface area contributed by atoms with Gasteiger partial charge >= 0.3 is 0 Å². The van der Waals surface area contributed by atoms with Crippen LogP contribution < -0.4 is 10.2 Å². The van der Waals surface area contributed by atoms with E-state index in [1.54, 1.807) is 0 Å². The Labute approximate surface area is 148 Å². The Morgan fingerprint density at radius 3 is 2.80 bits per heavy atom. The van der Waals surface area contributed by atoms with Crippen molar-refractivity contribution >= 4 is 11.7 Å². The smallest absolute Gasteiger partial charge is 0.232 e. The van der Waals surface area contributed by atoms with Crippen LogP contribution in [0.1, 0.15) is 47.9 Å². The van der Waals surface area contributed by atoms with Gasteiger partial charge in [0.25, 0.3) is 0 Å². The summed E-state index contributed by atoms with van der Waals surface area (Å²) in [5.41, 5.74) is 3.18. The summed E-state index contributed by atoms with van der Waals surface area (Å²) in [4.78, 5) is 23.9. The van der Waals surface area contributed by atoms with Gasteiger partial charge in [-0.15, -0.1) is 0 Å². The SMILES string of the molecule is Cc1nc(C2CCCCN2)nc2c1CC(=O)N2CCc1ccccc1. The molecule has 0 spiro atoms. The predicted molar refractivity (Wildman–Crippen MR) is 97.6 cm³/mol. The third-order valence-electron chi connectivity index (χ3n) is 5.18. The Morgan fingerprint density at radius 1 is 1.20 bits per heavy atom. The lowest BCUT2D eigenvalue weighted by Gasteiger charge is -2.24. The average Bonchev–Trinajstić information content (AvgIpc) is 2.97. The van der Waals surface area contributed by atoms with Crippen molar-refractivity contribution in [2.24, 2.45) is 0 Å². The number of nitrogens with one attached hydrogen (secondary N) is 1. The van der Waals surface area contributed by atoms with Crippen LogP contribution in [0.3, 0.4) is 0 Å². The largest absolute Gasteiger partial charge is 0.307 e. The van der Waals surface area contributed by atoms with Crippen molar-refractivity contribution in [3.63, 3.8) is 0 Å². The molecule has 2 aliphatic rings. The molecule has 1 unspecified atom stereocenters. The second-order valence-corrected chi connectivity index (χ2v) is 6.93. The van der Waals surface area contributed by atoms with E-state index in [0.717, 1.165) is 42.3 Å². The van der Waals surface area contributed by atoms with Gasteiger partial charge in [0, 0.05) is 17.8 Å². The number of nitrogens with zero attached hydrogens (tertiary/aromatic N) is 3. The van der Waals surface area contributed by atoms with E-state index in [2.05, 4.69) is 17.4 Å². The van der Waals surface area contributed by atoms with Gasteiger partial charge in [-0.3, -0.25) is 9.69 Å². The van der Waals surface area contributed by atoms with Crippen molar-refractivity contribution < 1.29 is 4.79 Å². The van der Waals surface area contributed by atoms with E-state index in [1.165, 1.54) is 18.4 Å². The summed E-state index contributed by atoms with van der Waals surface area (Å²) in [5.74, 6) is 1.81. The Bertz CT molecular complexity index is 769. The maximum atomic E-state index is 12.5. The van der Waals surface area contributed by atoms with Crippen molar-refractivity contribution in [1.29, 1.82) is 0 Å². The fourth-order valence-electron chi connectivity index (χ4n) is 3.74. The van der Waals surface area contributed by atoms with Crippen molar-refractivity contribution in [2.45, 2.75) is 45.1 Å². The quantitative estimate of drug-likeness (QED) is 0.933.